The summed E-state index contributed by atoms with van der Waals surface area (Å²) in [5.74, 6) is -0.406. The first-order valence-corrected chi connectivity index (χ1v) is 10.7. The molecule has 0 saturated heterocycles. The third kappa shape index (κ3) is 3.02. The van der Waals surface area contributed by atoms with Gasteiger partial charge in [0.05, 0.1) is 6.61 Å². The molecule has 2 aromatic carbocycles. The topological polar surface area (TPSA) is 118 Å². The molecule has 1 aromatic heterocycles. The number of hydrogen-bond acceptors (Lipinski definition) is 8. The molecule has 1 unspecified atom stereocenters. The molecule has 144 valence electrons. The fourth-order valence-corrected chi connectivity index (χ4v) is 5.87. The van der Waals surface area contributed by atoms with Crippen molar-refractivity contribution >= 4 is 27.7 Å². The molecule has 1 amide bonds. The average molecular weight is 417 g/mol. The molecule has 1 atom stereocenters. The van der Waals surface area contributed by atoms with Crippen LogP contribution in [0.1, 0.15) is 28.2 Å². The number of nitrogens with one attached hydrogen (secondary N) is 1. The van der Waals surface area contributed by atoms with Crippen LogP contribution in [0.2, 0.25) is 0 Å². The average Bonchev–Trinajstić information content (AvgIpc) is 3.27. The quantitative estimate of drug-likeness (QED) is 0.607. The predicted octanol–water partition coefficient (Wildman–Crippen LogP) is 2.23. The number of carbonyl (C=O) groups excluding carboxylic acids is 1. The van der Waals surface area contributed by atoms with Crippen molar-refractivity contribution in [2.24, 2.45) is 0 Å². The van der Waals surface area contributed by atoms with E-state index in [-0.39, 0.29) is 21.4 Å². The normalized spacial score (nSPS) is 16.0. The van der Waals surface area contributed by atoms with Gasteiger partial charge in [-0.05, 0) is 29.8 Å². The summed E-state index contributed by atoms with van der Waals surface area (Å²) >= 11 is 1.01. The monoisotopic (exact) mass is 417 g/mol. The Balaban J connectivity index is 1.85. The van der Waals surface area contributed by atoms with Gasteiger partial charge in [-0.2, -0.15) is 5.21 Å². The lowest BCUT2D eigenvalue weighted by Crippen LogP contribution is -2.33. The molecule has 0 radical (unpaired) electrons. The number of carbonyl (C=O) groups is 1. The molecule has 0 aliphatic carbocycles. The molecule has 1 aliphatic rings. The Bertz CT molecular complexity index is 1100. The number of thioether (sulfide) groups is 1. The van der Waals surface area contributed by atoms with Crippen LogP contribution in [0.15, 0.2) is 58.6 Å². The molecule has 0 spiro atoms. The van der Waals surface area contributed by atoms with E-state index in [4.69, 9.17) is 4.74 Å². The summed E-state index contributed by atoms with van der Waals surface area (Å²) in [5.41, 5.74) is 0.652. The fraction of sp³-hybridized carbons (Fsp3) is 0.176. The summed E-state index contributed by atoms with van der Waals surface area (Å²) in [7, 11) is -4.09. The van der Waals surface area contributed by atoms with E-state index in [0.717, 1.165) is 16.1 Å². The highest BCUT2D eigenvalue weighted by Crippen LogP contribution is 2.46. The summed E-state index contributed by atoms with van der Waals surface area (Å²) in [6, 6.07) is 13.4. The molecule has 2 heterocycles. The molecule has 3 aromatic rings. The summed E-state index contributed by atoms with van der Waals surface area (Å²) in [4.78, 5) is 13.2. The summed E-state index contributed by atoms with van der Waals surface area (Å²) in [5, 5.41) is 12.9. The second-order valence-corrected chi connectivity index (χ2v) is 8.57. The third-order valence-electron chi connectivity index (χ3n) is 4.08. The number of sulfonamides is 1. The van der Waals surface area contributed by atoms with Gasteiger partial charge >= 0.3 is 0 Å². The van der Waals surface area contributed by atoms with Crippen molar-refractivity contribution in [1.29, 1.82) is 0 Å². The number of aromatic amines is 1. The number of ether oxygens (including phenoxy) is 1. The van der Waals surface area contributed by atoms with Gasteiger partial charge in [0.15, 0.2) is 0 Å². The molecular weight excluding hydrogens is 402 g/mol. The molecule has 11 heteroatoms. The summed E-state index contributed by atoms with van der Waals surface area (Å²) < 4.78 is 32.9. The lowest BCUT2D eigenvalue weighted by atomic mass is 10.1. The number of rotatable bonds is 6. The zero-order valence-electron chi connectivity index (χ0n) is 14.6. The van der Waals surface area contributed by atoms with E-state index in [1.54, 1.807) is 43.3 Å². The lowest BCUT2D eigenvalue weighted by molar-refractivity contribution is 0.0858. The zero-order chi connectivity index (χ0) is 19.7. The Morgan fingerprint density at radius 1 is 1.18 bits per heavy atom. The van der Waals surface area contributed by atoms with Crippen LogP contribution in [-0.2, 0) is 10.0 Å². The molecule has 0 bridgehead atoms. The van der Waals surface area contributed by atoms with Gasteiger partial charge in [0.2, 0.25) is 5.16 Å². The van der Waals surface area contributed by atoms with E-state index >= 15 is 0 Å². The van der Waals surface area contributed by atoms with Gasteiger partial charge in [0.1, 0.15) is 21.6 Å². The molecular formula is C17H15N5O4S2. The minimum absolute atomic E-state index is 0.0407. The van der Waals surface area contributed by atoms with Crippen molar-refractivity contribution in [3.8, 4) is 5.75 Å². The number of aromatic nitrogens is 4. The van der Waals surface area contributed by atoms with Gasteiger partial charge < -0.3 is 4.74 Å². The Morgan fingerprint density at radius 2 is 1.96 bits per heavy atom. The summed E-state index contributed by atoms with van der Waals surface area (Å²) in [6.07, 6.45) is 0. The highest BCUT2D eigenvalue weighted by molar-refractivity contribution is 8.00. The maximum absolute atomic E-state index is 13.3. The molecule has 0 saturated carbocycles. The molecule has 1 aliphatic heterocycles. The van der Waals surface area contributed by atoms with Crippen molar-refractivity contribution in [1.82, 2.24) is 24.9 Å². The summed E-state index contributed by atoms with van der Waals surface area (Å²) in [6.45, 7) is 2.08. The maximum Gasteiger partial charge on any atom is 0.274 e. The minimum atomic E-state index is -4.09. The zero-order valence-corrected chi connectivity index (χ0v) is 16.3. The number of amides is 1. The van der Waals surface area contributed by atoms with Crippen LogP contribution in [0, 0.1) is 0 Å². The highest BCUT2D eigenvalue weighted by atomic mass is 32.2. The number of benzene rings is 2. The van der Waals surface area contributed by atoms with Crippen LogP contribution in [-0.4, -0.2) is 45.9 Å². The van der Waals surface area contributed by atoms with Crippen molar-refractivity contribution in [3.63, 3.8) is 0 Å². The van der Waals surface area contributed by atoms with E-state index in [0.29, 0.717) is 12.2 Å². The van der Waals surface area contributed by atoms with Gasteiger partial charge in [-0.15, -0.1) is 10.2 Å². The van der Waals surface area contributed by atoms with Crippen molar-refractivity contribution in [2.45, 2.75) is 22.3 Å². The molecule has 4 rings (SSSR count). The van der Waals surface area contributed by atoms with Crippen LogP contribution in [0.25, 0.3) is 0 Å². The van der Waals surface area contributed by atoms with Gasteiger partial charge in [-0.3, -0.25) is 4.79 Å². The highest BCUT2D eigenvalue weighted by Gasteiger charge is 2.48. The van der Waals surface area contributed by atoms with Gasteiger partial charge in [-0.1, -0.05) is 48.2 Å². The Morgan fingerprint density at radius 3 is 2.64 bits per heavy atom. The van der Waals surface area contributed by atoms with E-state index < -0.39 is 21.3 Å². The third-order valence-corrected chi connectivity index (χ3v) is 7.09. The van der Waals surface area contributed by atoms with Gasteiger partial charge in [-0.25, -0.2) is 12.7 Å². The minimum Gasteiger partial charge on any atom is -0.493 e. The predicted molar refractivity (Wildman–Crippen MR) is 100 cm³/mol. The first-order chi connectivity index (χ1) is 13.5. The second-order valence-electron chi connectivity index (χ2n) is 5.74. The smallest absolute Gasteiger partial charge is 0.274 e. The van der Waals surface area contributed by atoms with Crippen LogP contribution < -0.4 is 4.74 Å². The van der Waals surface area contributed by atoms with Crippen LogP contribution in [0.4, 0.5) is 0 Å². The maximum atomic E-state index is 13.3. The second kappa shape index (κ2) is 7.24. The number of nitrogens with zero attached hydrogens (tertiary/aromatic N) is 4. The first kappa shape index (κ1) is 18.4. The standard InChI is InChI=1S/C17H15N5O4S2/c1-2-26-12-9-6-10-13-14(12)15(23)22(28(13,24)25)16(11-7-4-3-5-8-11)27-17-18-20-21-19-17/h3-10,16H,2H2,1H3,(H,18,19,20,21). The lowest BCUT2D eigenvalue weighted by Gasteiger charge is -2.25. The Labute approximate surface area is 165 Å². The number of hydrogen-bond donors (Lipinski definition) is 1. The van der Waals surface area contributed by atoms with Gasteiger partial charge in [0.25, 0.3) is 15.9 Å². The Kier molecular flexibility index (Phi) is 4.77. The first-order valence-electron chi connectivity index (χ1n) is 8.33. The number of fused-ring (bicyclic) bond motifs is 1. The number of tetrazole rings is 1. The molecule has 9 nitrogen and oxygen atoms in total. The number of H-pyrrole nitrogens is 1. The van der Waals surface area contributed by atoms with Crippen molar-refractivity contribution in [2.75, 3.05) is 6.61 Å². The fourth-order valence-electron chi connectivity index (χ4n) is 2.94. The molecule has 0 fully saturated rings. The van der Waals surface area contributed by atoms with E-state index in [2.05, 4.69) is 20.6 Å². The van der Waals surface area contributed by atoms with Crippen LogP contribution in [0.3, 0.4) is 0 Å². The molecule has 28 heavy (non-hydrogen) atoms. The Hall–Kier alpha value is -2.92. The van der Waals surface area contributed by atoms with Gasteiger partial charge in [0, 0.05) is 0 Å². The van der Waals surface area contributed by atoms with Crippen LogP contribution >= 0.6 is 11.8 Å². The van der Waals surface area contributed by atoms with Crippen molar-refractivity contribution < 1.29 is 17.9 Å². The van der Waals surface area contributed by atoms with E-state index in [1.807, 2.05) is 6.07 Å². The van der Waals surface area contributed by atoms with Crippen molar-refractivity contribution in [3.05, 3.63) is 59.7 Å². The largest absolute Gasteiger partial charge is 0.493 e. The molecule has 1 N–H and O–H groups in total. The van der Waals surface area contributed by atoms with Crippen LogP contribution in [0.5, 0.6) is 5.75 Å². The van der Waals surface area contributed by atoms with E-state index in [1.165, 1.54) is 6.07 Å². The van der Waals surface area contributed by atoms with E-state index in [9.17, 15) is 13.2 Å². The SMILES string of the molecule is CCOc1cccc2c1C(=O)N(C(Sc1nn[nH]n1)c1ccccc1)S2(=O)=O.